The van der Waals surface area contributed by atoms with Crippen LogP contribution < -0.4 is 20.2 Å². The Kier molecular flexibility index (Phi) is 9.30. The van der Waals surface area contributed by atoms with Gasteiger partial charge in [0.15, 0.2) is 5.79 Å². The lowest BCUT2D eigenvalue weighted by Gasteiger charge is -2.37. The zero-order valence-corrected chi connectivity index (χ0v) is 27.5. The average Bonchev–Trinajstić information content (AvgIpc) is 3.89. The molecule has 250 valence electrons. The van der Waals surface area contributed by atoms with Gasteiger partial charge in [-0.2, -0.15) is 20.1 Å². The standard InChI is InChI=1S/C35H46N8O4/c1-3-27(2)43-34(44)41(26-38-43)31-11-9-29(10-12-31)39-19-21-40(22-20-39)30-13-15-32(16-14-30)45-23-33-24-46-35(47-33,25-42-36-17-18-37-42)28-7-5-4-6-8-28/h9-18,26-28,33H,3-8,19-25H2,1-2H3/t27?,33-,35-/m1/s1. The number of hydrogen-bond acceptors (Lipinski definition) is 9. The van der Waals surface area contributed by atoms with Gasteiger partial charge < -0.3 is 24.0 Å². The molecule has 0 amide bonds. The summed E-state index contributed by atoms with van der Waals surface area (Å²) in [5.41, 5.74) is 3.07. The molecule has 0 bridgehead atoms. The van der Waals surface area contributed by atoms with E-state index in [1.165, 1.54) is 24.9 Å². The molecule has 0 N–H and O–H groups in total. The lowest BCUT2D eigenvalue weighted by Crippen LogP contribution is -2.46. The van der Waals surface area contributed by atoms with Crippen LogP contribution in [0.4, 0.5) is 11.4 Å². The zero-order valence-electron chi connectivity index (χ0n) is 27.5. The number of piperazine rings is 1. The Bertz CT molecular complexity index is 1620. The minimum atomic E-state index is -0.696. The maximum absolute atomic E-state index is 12.8. The molecular weight excluding hydrogens is 596 g/mol. The van der Waals surface area contributed by atoms with E-state index in [9.17, 15) is 4.79 Å². The van der Waals surface area contributed by atoms with Crippen molar-refractivity contribution >= 4 is 11.4 Å². The minimum Gasteiger partial charge on any atom is -0.491 e. The molecule has 1 aliphatic carbocycles. The van der Waals surface area contributed by atoms with Crippen molar-refractivity contribution in [2.24, 2.45) is 5.92 Å². The molecule has 2 aromatic carbocycles. The lowest BCUT2D eigenvalue weighted by atomic mass is 9.83. The summed E-state index contributed by atoms with van der Waals surface area (Å²) in [6.45, 7) is 9.18. The normalized spacial score (nSPS) is 22.9. The molecule has 4 heterocycles. The van der Waals surface area contributed by atoms with Crippen molar-refractivity contribution in [3.8, 4) is 11.4 Å². The first-order valence-corrected chi connectivity index (χ1v) is 17.2. The molecule has 47 heavy (non-hydrogen) atoms. The molecule has 2 aliphatic heterocycles. The van der Waals surface area contributed by atoms with E-state index in [0.29, 0.717) is 25.7 Å². The van der Waals surface area contributed by atoms with Gasteiger partial charge in [-0.3, -0.25) is 0 Å². The third-order valence-corrected chi connectivity index (χ3v) is 10.0. The highest BCUT2D eigenvalue weighted by Crippen LogP contribution is 2.41. The second kappa shape index (κ2) is 13.9. The molecule has 3 aliphatic rings. The van der Waals surface area contributed by atoms with Crippen LogP contribution in [0.5, 0.6) is 5.75 Å². The third-order valence-electron chi connectivity index (χ3n) is 10.0. The molecule has 0 spiro atoms. The van der Waals surface area contributed by atoms with Crippen molar-refractivity contribution in [1.82, 2.24) is 29.3 Å². The SMILES string of the molecule is CCC(C)n1ncn(-c2ccc(N3CCN(c4ccc(OC[C@@H]5CO[C@@](Cn6nccn6)(C6CCCCC6)O5)cc4)CC3)cc2)c1=O. The molecule has 1 saturated carbocycles. The second-order valence-electron chi connectivity index (χ2n) is 13.0. The number of benzene rings is 2. The molecule has 2 aromatic heterocycles. The number of aromatic nitrogens is 6. The summed E-state index contributed by atoms with van der Waals surface area (Å²) < 4.78 is 22.4. The summed E-state index contributed by atoms with van der Waals surface area (Å²) in [7, 11) is 0. The Morgan fingerprint density at radius 2 is 1.49 bits per heavy atom. The van der Waals surface area contributed by atoms with Crippen LogP contribution in [0.2, 0.25) is 0 Å². The van der Waals surface area contributed by atoms with Crippen LogP contribution in [-0.4, -0.2) is 80.6 Å². The van der Waals surface area contributed by atoms with E-state index < -0.39 is 5.79 Å². The van der Waals surface area contributed by atoms with Gasteiger partial charge in [-0.25, -0.2) is 14.0 Å². The van der Waals surface area contributed by atoms with Gasteiger partial charge in [0.1, 0.15) is 31.3 Å². The van der Waals surface area contributed by atoms with E-state index in [4.69, 9.17) is 14.2 Å². The van der Waals surface area contributed by atoms with Crippen LogP contribution in [0.25, 0.3) is 5.69 Å². The van der Waals surface area contributed by atoms with Crippen LogP contribution >= 0.6 is 0 Å². The summed E-state index contributed by atoms with van der Waals surface area (Å²) in [6, 6.07) is 16.6. The molecule has 2 saturated heterocycles. The summed E-state index contributed by atoms with van der Waals surface area (Å²) in [6.07, 6.45) is 11.6. The lowest BCUT2D eigenvalue weighted by molar-refractivity contribution is -0.224. The van der Waals surface area contributed by atoms with Crippen molar-refractivity contribution in [2.75, 3.05) is 49.2 Å². The fourth-order valence-corrected chi connectivity index (χ4v) is 7.11. The van der Waals surface area contributed by atoms with Gasteiger partial charge in [-0.1, -0.05) is 26.2 Å². The molecule has 1 unspecified atom stereocenters. The molecule has 12 nitrogen and oxygen atoms in total. The molecule has 3 fully saturated rings. The van der Waals surface area contributed by atoms with Crippen LogP contribution in [0, 0.1) is 5.92 Å². The maximum Gasteiger partial charge on any atom is 0.350 e. The first-order chi connectivity index (χ1) is 23.0. The maximum atomic E-state index is 12.8. The van der Waals surface area contributed by atoms with E-state index in [2.05, 4.69) is 56.3 Å². The van der Waals surface area contributed by atoms with E-state index >= 15 is 0 Å². The minimum absolute atomic E-state index is 0.0772. The second-order valence-corrected chi connectivity index (χ2v) is 13.0. The van der Waals surface area contributed by atoms with Crippen molar-refractivity contribution in [3.05, 3.63) is 77.7 Å². The quantitative estimate of drug-likeness (QED) is 0.230. The van der Waals surface area contributed by atoms with Crippen LogP contribution in [0.1, 0.15) is 58.4 Å². The zero-order chi connectivity index (χ0) is 32.2. The highest BCUT2D eigenvalue weighted by molar-refractivity contribution is 5.54. The number of nitrogens with zero attached hydrogens (tertiary/aromatic N) is 8. The van der Waals surface area contributed by atoms with Crippen molar-refractivity contribution in [1.29, 1.82) is 0 Å². The molecule has 0 radical (unpaired) electrons. The molecule has 12 heteroatoms. The molecular formula is C35H46N8O4. The number of rotatable bonds is 11. The van der Waals surface area contributed by atoms with Gasteiger partial charge in [0.2, 0.25) is 0 Å². The summed E-state index contributed by atoms with van der Waals surface area (Å²) in [4.78, 5) is 19.3. The first kappa shape index (κ1) is 31.4. The number of anilines is 2. The van der Waals surface area contributed by atoms with Gasteiger partial charge in [0.05, 0.1) is 30.7 Å². The Hall–Kier alpha value is -4.16. The van der Waals surface area contributed by atoms with E-state index in [1.54, 1.807) is 32.8 Å². The van der Waals surface area contributed by atoms with Gasteiger partial charge in [0, 0.05) is 43.5 Å². The van der Waals surface area contributed by atoms with Crippen molar-refractivity contribution in [3.63, 3.8) is 0 Å². The smallest absolute Gasteiger partial charge is 0.350 e. The highest BCUT2D eigenvalue weighted by atomic mass is 16.8. The predicted octanol–water partition coefficient (Wildman–Crippen LogP) is 4.69. The number of hydrogen-bond donors (Lipinski definition) is 0. The third kappa shape index (κ3) is 6.80. The molecule has 4 aromatic rings. The largest absolute Gasteiger partial charge is 0.491 e. The average molecular weight is 643 g/mol. The summed E-state index contributed by atoms with van der Waals surface area (Å²) in [5.74, 6) is 0.467. The van der Waals surface area contributed by atoms with E-state index in [0.717, 1.165) is 62.6 Å². The van der Waals surface area contributed by atoms with Crippen LogP contribution in [0.15, 0.2) is 72.0 Å². The predicted molar refractivity (Wildman–Crippen MR) is 179 cm³/mol. The van der Waals surface area contributed by atoms with Gasteiger partial charge in [-0.05, 0) is 74.7 Å². The Labute approximate surface area is 275 Å². The molecule has 3 atom stereocenters. The fraction of sp³-hybridized carbons (Fsp3) is 0.543. The highest BCUT2D eigenvalue weighted by Gasteiger charge is 2.49. The van der Waals surface area contributed by atoms with Crippen molar-refractivity contribution < 1.29 is 14.2 Å². The Morgan fingerprint density at radius 1 is 0.872 bits per heavy atom. The van der Waals surface area contributed by atoms with E-state index in [1.807, 2.05) is 31.2 Å². The van der Waals surface area contributed by atoms with Crippen LogP contribution in [0.3, 0.4) is 0 Å². The summed E-state index contributed by atoms with van der Waals surface area (Å²) >= 11 is 0. The van der Waals surface area contributed by atoms with Crippen molar-refractivity contribution in [2.45, 2.75) is 76.9 Å². The molecule has 7 rings (SSSR count). The van der Waals surface area contributed by atoms with Gasteiger partial charge in [0.25, 0.3) is 0 Å². The fourth-order valence-electron chi connectivity index (χ4n) is 7.11. The monoisotopic (exact) mass is 642 g/mol. The summed E-state index contributed by atoms with van der Waals surface area (Å²) in [5, 5.41) is 13.0. The van der Waals surface area contributed by atoms with Crippen LogP contribution in [-0.2, 0) is 16.0 Å². The Morgan fingerprint density at radius 3 is 2.13 bits per heavy atom. The first-order valence-electron chi connectivity index (χ1n) is 17.2. The number of ether oxygens (including phenoxy) is 3. The van der Waals surface area contributed by atoms with Gasteiger partial charge in [-0.15, -0.1) is 0 Å². The van der Waals surface area contributed by atoms with Gasteiger partial charge >= 0.3 is 5.69 Å². The Balaban J connectivity index is 0.902. The topological polar surface area (TPSA) is 105 Å². The van der Waals surface area contributed by atoms with E-state index in [-0.39, 0.29) is 17.8 Å².